The number of benzene rings is 1. The van der Waals surface area contributed by atoms with E-state index in [4.69, 9.17) is 31.2 Å². The number of hydrogen-bond acceptors (Lipinski definition) is 5. The van der Waals surface area contributed by atoms with Crippen LogP contribution < -0.4 is 0 Å². The number of hydrogen-bond donors (Lipinski definition) is 0. The van der Waals surface area contributed by atoms with Crippen LogP contribution in [-0.2, 0) is 16.0 Å². The van der Waals surface area contributed by atoms with E-state index in [1.807, 2.05) is 28.9 Å². The van der Waals surface area contributed by atoms with Gasteiger partial charge >= 0.3 is 0 Å². The highest BCUT2D eigenvalue weighted by Gasteiger charge is 2.23. The first-order valence-corrected chi connectivity index (χ1v) is 9.02. The summed E-state index contributed by atoms with van der Waals surface area (Å²) in [6.45, 7) is 4.33. The van der Waals surface area contributed by atoms with Crippen LogP contribution in [0.3, 0.4) is 0 Å². The van der Waals surface area contributed by atoms with Crippen LogP contribution >= 0.6 is 11.6 Å². The van der Waals surface area contributed by atoms with Gasteiger partial charge in [0.05, 0.1) is 32.3 Å². The fourth-order valence-electron chi connectivity index (χ4n) is 2.84. The van der Waals surface area contributed by atoms with Crippen LogP contribution in [0.15, 0.2) is 24.3 Å². The molecule has 0 amide bonds. The van der Waals surface area contributed by atoms with E-state index < -0.39 is 0 Å². The van der Waals surface area contributed by atoms with Gasteiger partial charge in [0.25, 0.3) is 0 Å². The van der Waals surface area contributed by atoms with Crippen molar-refractivity contribution in [1.82, 2.24) is 19.7 Å². The summed E-state index contributed by atoms with van der Waals surface area (Å²) in [5.74, 6) is 1.77. The standard InChI is InChI=1S/C18H25ClN4O2/c1-22(2)8-3-9-23-18(15-12-24-10-11-25-13-15)20-17(21-23)14-4-6-16(19)7-5-14/h4-7,15H,3,8-13H2,1-2H3. The van der Waals surface area contributed by atoms with E-state index >= 15 is 0 Å². The molecular weight excluding hydrogens is 340 g/mol. The van der Waals surface area contributed by atoms with Gasteiger partial charge in [0.15, 0.2) is 5.82 Å². The van der Waals surface area contributed by atoms with Crippen molar-refractivity contribution in [3.63, 3.8) is 0 Å². The lowest BCUT2D eigenvalue weighted by molar-refractivity contribution is 0.103. The van der Waals surface area contributed by atoms with E-state index in [1.165, 1.54) is 0 Å². The van der Waals surface area contributed by atoms with Gasteiger partial charge in [0, 0.05) is 17.1 Å². The van der Waals surface area contributed by atoms with Gasteiger partial charge in [-0.2, -0.15) is 5.10 Å². The largest absolute Gasteiger partial charge is 0.378 e. The molecule has 0 aliphatic carbocycles. The Hall–Kier alpha value is -1.47. The Bertz CT molecular complexity index is 664. The zero-order valence-electron chi connectivity index (χ0n) is 14.8. The zero-order valence-corrected chi connectivity index (χ0v) is 15.6. The van der Waals surface area contributed by atoms with Crippen LogP contribution in [0, 0.1) is 0 Å². The zero-order chi connectivity index (χ0) is 17.6. The summed E-state index contributed by atoms with van der Waals surface area (Å²) >= 11 is 5.99. The molecule has 25 heavy (non-hydrogen) atoms. The summed E-state index contributed by atoms with van der Waals surface area (Å²) in [5, 5.41) is 5.45. The van der Waals surface area contributed by atoms with Crippen LogP contribution in [0.5, 0.6) is 0 Å². The molecule has 0 unspecified atom stereocenters. The quantitative estimate of drug-likeness (QED) is 0.788. The van der Waals surface area contributed by atoms with Gasteiger partial charge in [-0.05, 0) is 51.3 Å². The molecule has 136 valence electrons. The number of nitrogens with zero attached hydrogens (tertiary/aromatic N) is 4. The molecule has 2 aromatic rings. The molecule has 1 aliphatic rings. The SMILES string of the molecule is CN(C)CCCn1nc(-c2ccc(Cl)cc2)nc1C1COCCOC1. The molecule has 0 spiro atoms. The van der Waals surface area contributed by atoms with Crippen LogP contribution in [-0.4, -0.2) is 66.7 Å². The highest BCUT2D eigenvalue weighted by Crippen LogP contribution is 2.23. The molecule has 0 radical (unpaired) electrons. The van der Waals surface area contributed by atoms with Crippen molar-refractivity contribution in [2.45, 2.75) is 18.9 Å². The molecule has 0 bridgehead atoms. The maximum atomic E-state index is 5.99. The van der Waals surface area contributed by atoms with Crippen molar-refractivity contribution < 1.29 is 9.47 Å². The summed E-state index contributed by atoms with van der Waals surface area (Å²) in [7, 11) is 4.16. The monoisotopic (exact) mass is 364 g/mol. The topological polar surface area (TPSA) is 52.4 Å². The predicted molar refractivity (Wildman–Crippen MR) is 98.0 cm³/mol. The number of aromatic nitrogens is 3. The second-order valence-corrected chi connectivity index (χ2v) is 6.96. The van der Waals surface area contributed by atoms with Crippen LogP contribution in [0.1, 0.15) is 18.2 Å². The number of rotatable bonds is 6. The van der Waals surface area contributed by atoms with Crippen LogP contribution in [0.4, 0.5) is 0 Å². The van der Waals surface area contributed by atoms with Crippen molar-refractivity contribution in [3.8, 4) is 11.4 Å². The summed E-state index contributed by atoms with van der Waals surface area (Å²) in [6.07, 6.45) is 1.01. The molecule has 3 rings (SSSR count). The summed E-state index contributed by atoms with van der Waals surface area (Å²) in [4.78, 5) is 6.98. The lowest BCUT2D eigenvalue weighted by atomic mass is 10.1. The van der Waals surface area contributed by atoms with E-state index in [2.05, 4.69) is 19.0 Å². The van der Waals surface area contributed by atoms with Gasteiger partial charge in [-0.25, -0.2) is 9.67 Å². The van der Waals surface area contributed by atoms with E-state index in [0.717, 1.165) is 36.7 Å². The third kappa shape index (κ3) is 5.01. The molecule has 6 nitrogen and oxygen atoms in total. The summed E-state index contributed by atoms with van der Waals surface area (Å²) < 4.78 is 13.3. The average molecular weight is 365 g/mol. The first kappa shape index (κ1) is 18.3. The van der Waals surface area contributed by atoms with Crippen molar-refractivity contribution >= 4 is 11.6 Å². The second kappa shape index (κ2) is 8.76. The Morgan fingerprint density at radius 3 is 2.48 bits per heavy atom. The van der Waals surface area contributed by atoms with E-state index in [0.29, 0.717) is 31.5 Å². The summed E-state index contributed by atoms with van der Waals surface area (Å²) in [6, 6.07) is 7.62. The fourth-order valence-corrected chi connectivity index (χ4v) is 2.97. The maximum Gasteiger partial charge on any atom is 0.181 e. The first-order chi connectivity index (χ1) is 12.1. The lowest BCUT2D eigenvalue weighted by Crippen LogP contribution is -2.20. The van der Waals surface area contributed by atoms with Gasteiger partial charge in [0.2, 0.25) is 0 Å². The normalized spacial score (nSPS) is 16.3. The Morgan fingerprint density at radius 2 is 1.84 bits per heavy atom. The number of ether oxygens (including phenoxy) is 2. The lowest BCUT2D eigenvalue weighted by Gasteiger charge is -2.15. The fraction of sp³-hybridized carbons (Fsp3) is 0.556. The minimum Gasteiger partial charge on any atom is -0.378 e. The van der Waals surface area contributed by atoms with Gasteiger partial charge in [-0.15, -0.1) is 0 Å². The third-order valence-corrected chi connectivity index (χ3v) is 4.41. The smallest absolute Gasteiger partial charge is 0.181 e. The third-order valence-electron chi connectivity index (χ3n) is 4.15. The van der Waals surface area contributed by atoms with Crippen molar-refractivity contribution in [1.29, 1.82) is 0 Å². The molecule has 0 N–H and O–H groups in total. The molecule has 1 saturated heterocycles. The Balaban J connectivity index is 1.85. The minimum absolute atomic E-state index is 0.107. The predicted octanol–water partition coefficient (Wildman–Crippen LogP) is 2.68. The molecule has 1 aromatic carbocycles. The summed E-state index contributed by atoms with van der Waals surface area (Å²) in [5.41, 5.74) is 0.965. The highest BCUT2D eigenvalue weighted by molar-refractivity contribution is 6.30. The van der Waals surface area contributed by atoms with Crippen molar-refractivity contribution in [2.24, 2.45) is 0 Å². The molecule has 1 fully saturated rings. The molecule has 1 aliphatic heterocycles. The van der Waals surface area contributed by atoms with E-state index in [9.17, 15) is 0 Å². The first-order valence-electron chi connectivity index (χ1n) is 8.64. The Kier molecular flexibility index (Phi) is 6.42. The second-order valence-electron chi connectivity index (χ2n) is 6.53. The van der Waals surface area contributed by atoms with Crippen LogP contribution in [0.25, 0.3) is 11.4 Å². The van der Waals surface area contributed by atoms with Gasteiger partial charge in [-0.3, -0.25) is 0 Å². The molecule has 1 aromatic heterocycles. The molecule has 0 atom stereocenters. The van der Waals surface area contributed by atoms with Gasteiger partial charge < -0.3 is 14.4 Å². The molecule has 0 saturated carbocycles. The minimum atomic E-state index is 0.107. The number of halogens is 1. The van der Waals surface area contributed by atoms with E-state index in [-0.39, 0.29) is 5.92 Å². The average Bonchev–Trinajstić information content (AvgIpc) is 2.82. The van der Waals surface area contributed by atoms with Crippen LogP contribution in [0.2, 0.25) is 5.02 Å². The maximum absolute atomic E-state index is 5.99. The Labute approximate surface area is 153 Å². The van der Waals surface area contributed by atoms with Gasteiger partial charge in [-0.1, -0.05) is 11.6 Å². The van der Waals surface area contributed by atoms with Gasteiger partial charge in [0.1, 0.15) is 5.82 Å². The molecule has 2 heterocycles. The van der Waals surface area contributed by atoms with E-state index in [1.54, 1.807) is 0 Å². The number of aryl methyl sites for hydroxylation is 1. The molecule has 7 heteroatoms. The molecular formula is C18H25ClN4O2. The Morgan fingerprint density at radius 1 is 1.16 bits per heavy atom. The van der Waals surface area contributed by atoms with Crippen molar-refractivity contribution in [3.05, 3.63) is 35.1 Å². The highest BCUT2D eigenvalue weighted by atomic mass is 35.5. The van der Waals surface area contributed by atoms with Crippen molar-refractivity contribution in [2.75, 3.05) is 47.1 Å².